The molecule has 16 heavy (non-hydrogen) atoms. The van der Waals surface area contributed by atoms with Crippen LogP contribution in [0.1, 0.15) is 22.8 Å². The summed E-state index contributed by atoms with van der Waals surface area (Å²) in [5.74, 6) is 0. The Kier molecular flexibility index (Phi) is 4.51. The van der Waals surface area contributed by atoms with E-state index in [2.05, 4.69) is 19.9 Å². The van der Waals surface area contributed by atoms with E-state index in [0.29, 0.717) is 0 Å². The van der Waals surface area contributed by atoms with Crippen molar-refractivity contribution in [2.24, 2.45) is 0 Å². The highest BCUT2D eigenvalue weighted by molar-refractivity contribution is 5.04. The van der Waals surface area contributed by atoms with Gasteiger partial charge >= 0.3 is 0 Å². The Morgan fingerprint density at radius 3 is 1.25 bits per heavy atom. The van der Waals surface area contributed by atoms with Gasteiger partial charge in [0.1, 0.15) is 0 Å². The van der Waals surface area contributed by atoms with Crippen LogP contribution in [0.15, 0.2) is 24.8 Å². The van der Waals surface area contributed by atoms with Crippen molar-refractivity contribution >= 4 is 0 Å². The third kappa shape index (κ3) is 4.13. The van der Waals surface area contributed by atoms with E-state index in [1.165, 1.54) is 0 Å². The lowest BCUT2D eigenvalue weighted by Crippen LogP contribution is -1.87. The van der Waals surface area contributed by atoms with Gasteiger partial charge in [0.15, 0.2) is 0 Å². The van der Waals surface area contributed by atoms with Gasteiger partial charge in [-0.25, -0.2) is 0 Å². The predicted octanol–water partition coefficient (Wildman–Crippen LogP) is 2.19. The lowest BCUT2D eigenvalue weighted by molar-refractivity contribution is 1.05. The van der Waals surface area contributed by atoms with E-state index < -0.39 is 0 Å². The monoisotopic (exact) mass is 216 g/mol. The molecule has 4 nitrogen and oxygen atoms in total. The zero-order valence-corrected chi connectivity index (χ0v) is 10.1. The van der Waals surface area contributed by atoms with Crippen LogP contribution in [0.3, 0.4) is 0 Å². The van der Waals surface area contributed by atoms with E-state index >= 15 is 0 Å². The number of hydrogen-bond acceptors (Lipinski definition) is 4. The van der Waals surface area contributed by atoms with E-state index in [-0.39, 0.29) is 0 Å². The van der Waals surface area contributed by atoms with E-state index in [1.54, 1.807) is 24.8 Å². The number of nitrogens with zero attached hydrogens (tertiary/aromatic N) is 4. The molecule has 0 radical (unpaired) electrons. The first-order chi connectivity index (χ1) is 7.59. The molecule has 0 atom stereocenters. The van der Waals surface area contributed by atoms with Gasteiger partial charge in [0, 0.05) is 24.8 Å². The average molecular weight is 216 g/mol. The van der Waals surface area contributed by atoms with Crippen molar-refractivity contribution in [3.63, 3.8) is 0 Å². The lowest BCUT2D eigenvalue weighted by Gasteiger charge is -1.91. The Morgan fingerprint density at radius 1 is 0.625 bits per heavy atom. The van der Waals surface area contributed by atoms with Crippen molar-refractivity contribution < 1.29 is 0 Å². The Bertz CT molecular complexity index is 395. The highest BCUT2D eigenvalue weighted by Gasteiger charge is 1.87. The molecule has 4 heteroatoms. The molecule has 84 valence electrons. The molecule has 0 fully saturated rings. The van der Waals surface area contributed by atoms with Crippen molar-refractivity contribution in [3.05, 3.63) is 47.6 Å². The molecule has 0 unspecified atom stereocenters. The van der Waals surface area contributed by atoms with E-state index in [1.807, 2.05) is 27.7 Å². The summed E-state index contributed by atoms with van der Waals surface area (Å²) in [6, 6.07) is 0. The maximum atomic E-state index is 4.02. The molecule has 2 heterocycles. The molecule has 0 aromatic carbocycles. The van der Waals surface area contributed by atoms with Gasteiger partial charge in [-0.3, -0.25) is 19.9 Å². The number of hydrogen-bond donors (Lipinski definition) is 0. The van der Waals surface area contributed by atoms with E-state index in [4.69, 9.17) is 0 Å². The standard InChI is InChI=1S/2C6H8N2/c1-5-3-8-6(2)4-7-5;1-5-6(2)8-4-3-7-5/h2*3-4H,1-2H3. The average Bonchev–Trinajstić information content (AvgIpc) is 2.28. The molecule has 2 rings (SSSR count). The first-order valence-electron chi connectivity index (χ1n) is 5.09. The van der Waals surface area contributed by atoms with Gasteiger partial charge in [0.05, 0.1) is 22.8 Å². The van der Waals surface area contributed by atoms with Crippen LogP contribution < -0.4 is 0 Å². The van der Waals surface area contributed by atoms with E-state index in [9.17, 15) is 0 Å². The third-order valence-corrected chi connectivity index (χ3v) is 2.04. The number of aromatic nitrogens is 4. The summed E-state index contributed by atoms with van der Waals surface area (Å²) in [5, 5.41) is 0. The third-order valence-electron chi connectivity index (χ3n) is 2.04. The Balaban J connectivity index is 0.000000160. The van der Waals surface area contributed by atoms with E-state index in [0.717, 1.165) is 22.8 Å². The van der Waals surface area contributed by atoms with Gasteiger partial charge in [-0.15, -0.1) is 0 Å². The fourth-order valence-corrected chi connectivity index (χ4v) is 0.934. The molecule has 0 aliphatic carbocycles. The van der Waals surface area contributed by atoms with Crippen molar-refractivity contribution in [1.29, 1.82) is 0 Å². The van der Waals surface area contributed by atoms with Crippen molar-refractivity contribution in [2.75, 3.05) is 0 Å². The quantitative estimate of drug-likeness (QED) is 0.677. The van der Waals surface area contributed by atoms with Crippen LogP contribution in [0, 0.1) is 27.7 Å². The van der Waals surface area contributed by atoms with Crippen LogP contribution in [0.5, 0.6) is 0 Å². The second-order valence-electron chi connectivity index (χ2n) is 3.53. The zero-order chi connectivity index (χ0) is 12.0. The Hall–Kier alpha value is -1.84. The summed E-state index contributed by atoms with van der Waals surface area (Å²) in [7, 11) is 0. The molecule has 0 spiro atoms. The topological polar surface area (TPSA) is 51.6 Å². The van der Waals surface area contributed by atoms with Crippen LogP contribution in [-0.4, -0.2) is 19.9 Å². The summed E-state index contributed by atoms with van der Waals surface area (Å²) in [5.41, 5.74) is 3.95. The summed E-state index contributed by atoms with van der Waals surface area (Å²) < 4.78 is 0. The molecule has 0 saturated carbocycles. The fourth-order valence-electron chi connectivity index (χ4n) is 0.934. The van der Waals surface area contributed by atoms with Crippen LogP contribution in [-0.2, 0) is 0 Å². The summed E-state index contributed by atoms with van der Waals surface area (Å²) in [6.45, 7) is 7.74. The van der Waals surface area contributed by atoms with Gasteiger partial charge in [0.25, 0.3) is 0 Å². The minimum Gasteiger partial charge on any atom is -0.258 e. The normalized spacial score (nSPS) is 9.25. The van der Waals surface area contributed by atoms with Gasteiger partial charge in [-0.2, -0.15) is 0 Å². The zero-order valence-electron chi connectivity index (χ0n) is 10.1. The summed E-state index contributed by atoms with van der Waals surface area (Å²) in [6.07, 6.45) is 6.91. The minimum atomic E-state index is 0.968. The van der Waals surface area contributed by atoms with Crippen molar-refractivity contribution in [2.45, 2.75) is 27.7 Å². The molecular weight excluding hydrogens is 200 g/mol. The molecule has 0 aliphatic heterocycles. The van der Waals surface area contributed by atoms with Crippen LogP contribution in [0.2, 0.25) is 0 Å². The van der Waals surface area contributed by atoms with Crippen molar-refractivity contribution in [3.8, 4) is 0 Å². The highest BCUT2D eigenvalue weighted by atomic mass is 14.8. The van der Waals surface area contributed by atoms with Gasteiger partial charge in [-0.05, 0) is 27.7 Å². The maximum Gasteiger partial charge on any atom is 0.0584 e. The molecule has 0 saturated heterocycles. The molecular formula is C12H16N4. The van der Waals surface area contributed by atoms with Crippen molar-refractivity contribution in [1.82, 2.24) is 19.9 Å². The lowest BCUT2D eigenvalue weighted by atomic mass is 10.4. The molecule has 0 N–H and O–H groups in total. The molecule has 0 aliphatic rings. The van der Waals surface area contributed by atoms with Crippen LogP contribution >= 0.6 is 0 Å². The Labute approximate surface area is 95.8 Å². The van der Waals surface area contributed by atoms with Crippen LogP contribution in [0.25, 0.3) is 0 Å². The second-order valence-corrected chi connectivity index (χ2v) is 3.53. The Morgan fingerprint density at radius 2 is 1.00 bits per heavy atom. The molecule has 0 amide bonds. The summed E-state index contributed by atoms with van der Waals surface area (Å²) >= 11 is 0. The first-order valence-corrected chi connectivity index (χ1v) is 5.09. The minimum absolute atomic E-state index is 0.968. The van der Waals surface area contributed by atoms with Crippen LogP contribution in [0.4, 0.5) is 0 Å². The first kappa shape index (κ1) is 12.2. The second kappa shape index (κ2) is 5.90. The smallest absolute Gasteiger partial charge is 0.0584 e. The molecule has 2 aromatic rings. The summed E-state index contributed by atoms with van der Waals surface area (Å²) in [4.78, 5) is 16.1. The highest BCUT2D eigenvalue weighted by Crippen LogP contribution is 1.93. The molecule has 2 aromatic heterocycles. The van der Waals surface area contributed by atoms with Gasteiger partial charge in [0.2, 0.25) is 0 Å². The van der Waals surface area contributed by atoms with Gasteiger partial charge < -0.3 is 0 Å². The molecule has 0 bridgehead atoms. The number of rotatable bonds is 0. The predicted molar refractivity (Wildman–Crippen MR) is 63.0 cm³/mol. The number of aryl methyl sites for hydroxylation is 4. The largest absolute Gasteiger partial charge is 0.258 e. The maximum absolute atomic E-state index is 4.02. The van der Waals surface area contributed by atoms with Gasteiger partial charge in [-0.1, -0.05) is 0 Å². The SMILES string of the molecule is Cc1cnc(C)cn1.Cc1nccnc1C. The fraction of sp³-hybridized carbons (Fsp3) is 0.333.